The zero-order chi connectivity index (χ0) is 11.5. The van der Waals surface area contributed by atoms with Crippen molar-refractivity contribution in [3.63, 3.8) is 0 Å². The number of rotatable bonds is 2. The average Bonchev–Trinajstić information content (AvgIpc) is 2.29. The normalized spacial score (nSPS) is 21.2. The molecule has 0 unspecified atom stereocenters. The fraction of sp³-hybridized carbons (Fsp3) is 0.583. The largest absolute Gasteiger partial charge is 0.394 e. The summed E-state index contributed by atoms with van der Waals surface area (Å²) in [6, 6.07) is 2.28. The van der Waals surface area contributed by atoms with Crippen molar-refractivity contribution in [2.45, 2.75) is 19.9 Å². The molecule has 2 rings (SSSR count). The molecule has 88 valence electrons. The van der Waals surface area contributed by atoms with E-state index in [4.69, 9.17) is 0 Å². The topological polar surface area (TPSA) is 48.4 Å². The number of piperazine rings is 1. The molecule has 1 atom stereocenters. The van der Waals surface area contributed by atoms with Crippen LogP contribution in [0.1, 0.15) is 11.1 Å². The number of pyridine rings is 1. The lowest BCUT2D eigenvalue weighted by Crippen LogP contribution is -2.53. The van der Waals surface area contributed by atoms with Crippen molar-refractivity contribution < 1.29 is 5.11 Å². The first-order chi connectivity index (χ1) is 7.72. The van der Waals surface area contributed by atoms with Crippen LogP contribution in [0.5, 0.6) is 0 Å². The lowest BCUT2D eigenvalue weighted by atomic mass is 10.1. The van der Waals surface area contributed by atoms with Gasteiger partial charge in [-0.25, -0.2) is 4.98 Å². The van der Waals surface area contributed by atoms with Crippen LogP contribution >= 0.6 is 0 Å². The van der Waals surface area contributed by atoms with Crippen molar-refractivity contribution in [2.24, 2.45) is 0 Å². The number of aliphatic hydroxyl groups excluding tert-OH is 1. The van der Waals surface area contributed by atoms with Crippen molar-refractivity contribution in [3.8, 4) is 0 Å². The number of nitrogens with one attached hydrogen (secondary N) is 1. The van der Waals surface area contributed by atoms with Crippen molar-refractivity contribution in [1.29, 1.82) is 0 Å². The maximum Gasteiger partial charge on any atom is 0.131 e. The summed E-state index contributed by atoms with van der Waals surface area (Å²) >= 11 is 0. The Kier molecular flexibility index (Phi) is 3.41. The van der Waals surface area contributed by atoms with E-state index in [1.165, 1.54) is 11.1 Å². The first-order valence-corrected chi connectivity index (χ1v) is 5.74. The van der Waals surface area contributed by atoms with Gasteiger partial charge in [-0.2, -0.15) is 0 Å². The molecule has 0 aliphatic carbocycles. The van der Waals surface area contributed by atoms with Gasteiger partial charge >= 0.3 is 0 Å². The van der Waals surface area contributed by atoms with Gasteiger partial charge in [-0.05, 0) is 25.0 Å². The summed E-state index contributed by atoms with van der Waals surface area (Å²) in [6.45, 7) is 6.97. The van der Waals surface area contributed by atoms with Crippen molar-refractivity contribution in [3.05, 3.63) is 23.4 Å². The molecular formula is C12H19N3O. The number of nitrogens with zero attached hydrogens (tertiary/aromatic N) is 2. The molecule has 16 heavy (non-hydrogen) atoms. The molecule has 4 nitrogen and oxygen atoms in total. The highest BCUT2D eigenvalue weighted by Crippen LogP contribution is 2.20. The fourth-order valence-electron chi connectivity index (χ4n) is 2.21. The quantitative estimate of drug-likeness (QED) is 0.762. The van der Waals surface area contributed by atoms with Crippen LogP contribution in [0.4, 0.5) is 5.82 Å². The lowest BCUT2D eigenvalue weighted by Gasteiger charge is -2.36. The highest BCUT2D eigenvalue weighted by molar-refractivity contribution is 5.48. The Morgan fingerprint density at radius 2 is 2.38 bits per heavy atom. The molecular weight excluding hydrogens is 202 g/mol. The second kappa shape index (κ2) is 4.80. The highest BCUT2D eigenvalue weighted by atomic mass is 16.3. The van der Waals surface area contributed by atoms with Crippen LogP contribution in [0.3, 0.4) is 0 Å². The van der Waals surface area contributed by atoms with Crippen LogP contribution in [-0.4, -0.2) is 42.4 Å². The van der Waals surface area contributed by atoms with Crippen LogP contribution in [0.25, 0.3) is 0 Å². The van der Waals surface area contributed by atoms with E-state index in [2.05, 4.69) is 28.2 Å². The molecule has 1 aromatic heterocycles. The zero-order valence-corrected chi connectivity index (χ0v) is 9.90. The van der Waals surface area contributed by atoms with Crippen LogP contribution in [0.2, 0.25) is 0 Å². The minimum atomic E-state index is 0.141. The number of aromatic nitrogens is 1. The molecule has 1 aliphatic heterocycles. The smallest absolute Gasteiger partial charge is 0.131 e. The molecule has 1 fully saturated rings. The predicted molar refractivity (Wildman–Crippen MR) is 64.8 cm³/mol. The lowest BCUT2D eigenvalue weighted by molar-refractivity contribution is 0.246. The van der Waals surface area contributed by atoms with Gasteiger partial charge in [0.1, 0.15) is 5.82 Å². The minimum absolute atomic E-state index is 0.141. The predicted octanol–water partition coefficient (Wildman–Crippen LogP) is 0.469. The van der Waals surface area contributed by atoms with Gasteiger partial charge in [0.05, 0.1) is 12.6 Å². The Labute approximate surface area is 96.3 Å². The maximum absolute atomic E-state index is 9.36. The SMILES string of the molecule is Cc1cnc(N2CCNC[C@@H]2CO)c(C)c1. The van der Waals surface area contributed by atoms with E-state index in [0.29, 0.717) is 0 Å². The monoisotopic (exact) mass is 221 g/mol. The Balaban J connectivity index is 2.27. The van der Waals surface area contributed by atoms with Crippen LogP contribution < -0.4 is 10.2 Å². The van der Waals surface area contributed by atoms with Gasteiger partial charge in [-0.15, -0.1) is 0 Å². The number of aliphatic hydroxyl groups is 1. The zero-order valence-electron chi connectivity index (χ0n) is 9.90. The van der Waals surface area contributed by atoms with Gasteiger partial charge in [0.15, 0.2) is 0 Å². The molecule has 2 heterocycles. The van der Waals surface area contributed by atoms with Gasteiger partial charge in [0, 0.05) is 25.8 Å². The summed E-state index contributed by atoms with van der Waals surface area (Å²) in [5, 5.41) is 12.6. The third kappa shape index (κ3) is 2.18. The second-order valence-electron chi connectivity index (χ2n) is 4.39. The van der Waals surface area contributed by atoms with Gasteiger partial charge in [0.25, 0.3) is 0 Å². The first-order valence-electron chi connectivity index (χ1n) is 5.74. The number of anilines is 1. The Bertz CT molecular complexity index is 367. The highest BCUT2D eigenvalue weighted by Gasteiger charge is 2.23. The molecule has 0 bridgehead atoms. The van der Waals surface area contributed by atoms with E-state index >= 15 is 0 Å². The molecule has 0 aromatic carbocycles. The van der Waals surface area contributed by atoms with E-state index < -0.39 is 0 Å². The fourth-order valence-corrected chi connectivity index (χ4v) is 2.21. The van der Waals surface area contributed by atoms with Crippen molar-refractivity contribution in [2.75, 3.05) is 31.1 Å². The second-order valence-corrected chi connectivity index (χ2v) is 4.39. The molecule has 2 N–H and O–H groups in total. The summed E-state index contributed by atoms with van der Waals surface area (Å²) in [5.74, 6) is 1.01. The Hall–Kier alpha value is -1.13. The van der Waals surface area contributed by atoms with E-state index in [0.717, 1.165) is 25.5 Å². The van der Waals surface area contributed by atoms with E-state index in [1.54, 1.807) is 0 Å². The van der Waals surface area contributed by atoms with Crippen LogP contribution in [0, 0.1) is 13.8 Å². The molecule has 0 saturated carbocycles. The number of hydrogen-bond donors (Lipinski definition) is 2. The molecule has 4 heteroatoms. The van der Waals surface area contributed by atoms with Crippen molar-refractivity contribution >= 4 is 5.82 Å². The van der Waals surface area contributed by atoms with E-state index in [9.17, 15) is 5.11 Å². The molecule has 1 aliphatic rings. The standard InChI is InChI=1S/C12H19N3O/c1-9-5-10(2)12(14-6-9)15-4-3-13-7-11(15)8-16/h5-6,11,13,16H,3-4,7-8H2,1-2H3/t11-/m1/s1. The summed E-state index contributed by atoms with van der Waals surface area (Å²) in [7, 11) is 0. The molecule has 0 radical (unpaired) electrons. The van der Waals surface area contributed by atoms with Gasteiger partial charge in [-0.3, -0.25) is 0 Å². The van der Waals surface area contributed by atoms with E-state index in [-0.39, 0.29) is 12.6 Å². The third-order valence-electron chi connectivity index (χ3n) is 3.02. The summed E-state index contributed by atoms with van der Waals surface area (Å²) in [4.78, 5) is 6.69. The maximum atomic E-state index is 9.36. The molecule has 0 amide bonds. The number of hydrogen-bond acceptors (Lipinski definition) is 4. The molecule has 1 aromatic rings. The summed E-state index contributed by atoms with van der Waals surface area (Å²) in [5.41, 5.74) is 2.36. The molecule has 0 spiro atoms. The first kappa shape index (κ1) is 11.4. The van der Waals surface area contributed by atoms with Gasteiger partial charge < -0.3 is 15.3 Å². The van der Waals surface area contributed by atoms with Crippen LogP contribution in [0.15, 0.2) is 12.3 Å². The molecule has 1 saturated heterocycles. The van der Waals surface area contributed by atoms with Crippen molar-refractivity contribution in [1.82, 2.24) is 10.3 Å². The Morgan fingerprint density at radius 1 is 1.56 bits per heavy atom. The summed E-state index contributed by atoms with van der Waals surface area (Å²) < 4.78 is 0. The Morgan fingerprint density at radius 3 is 3.06 bits per heavy atom. The van der Waals surface area contributed by atoms with Crippen LogP contribution in [-0.2, 0) is 0 Å². The third-order valence-corrected chi connectivity index (χ3v) is 3.02. The minimum Gasteiger partial charge on any atom is -0.394 e. The van der Waals surface area contributed by atoms with E-state index in [1.807, 2.05) is 13.1 Å². The van der Waals surface area contributed by atoms with Gasteiger partial charge in [-0.1, -0.05) is 6.07 Å². The van der Waals surface area contributed by atoms with Gasteiger partial charge in [0.2, 0.25) is 0 Å². The average molecular weight is 221 g/mol. The number of aryl methyl sites for hydroxylation is 2. The summed E-state index contributed by atoms with van der Waals surface area (Å²) in [6.07, 6.45) is 1.89.